The predicted molar refractivity (Wildman–Crippen MR) is 502 cm³/mol. The maximum Gasteiger partial charge on any atom is 0.235 e. The smallest absolute Gasteiger partial charge is 0.235 e. The number of fused-ring (bicyclic) bond motifs is 16. The monoisotopic (exact) mass is 1530 g/mol. The Bertz CT molecular complexity index is 7700. The SMILES string of the molecule is c1ccc(-c2ccc3c(c2)c2cccc4c5cc(-c6ccccc6)ccc5n(-c5nc(-c6ccc7c(c6)c6ccccc6n7-c6ccccc6)c6ccccc6n5)c5ccc(-c6ccccc6)cc5c5cccc(c6cc(-c7ccccc7)ccc6n3-c3nc(-c6ccc7c(c6)c6ccccc6n7-c6ccccc6)c6ccccc6n3)c5c24)cc1. The molecular weight excluding hydrogens is 1460 g/mol. The Morgan fingerprint density at radius 2 is 0.375 bits per heavy atom. The first-order valence-electron chi connectivity index (χ1n) is 40.9. The molecule has 120 heavy (non-hydrogen) atoms. The molecule has 8 heteroatoms. The quantitative estimate of drug-likeness (QED) is 0.137. The van der Waals surface area contributed by atoms with Gasteiger partial charge in [0.05, 0.1) is 66.6 Å². The van der Waals surface area contributed by atoms with Gasteiger partial charge < -0.3 is 9.13 Å². The van der Waals surface area contributed by atoms with Crippen molar-refractivity contribution in [2.75, 3.05) is 0 Å². The largest absolute Gasteiger partial charge is 0.309 e. The molecule has 0 aliphatic heterocycles. The number of rotatable bonds is 10. The Labute approximate surface area is 689 Å². The van der Waals surface area contributed by atoms with Crippen LogP contribution in [0.15, 0.2) is 425 Å². The summed E-state index contributed by atoms with van der Waals surface area (Å²) >= 11 is 0. The molecular formula is C112H70N8. The second kappa shape index (κ2) is 27.8. The number of para-hydroxylation sites is 6. The van der Waals surface area contributed by atoms with E-state index in [0.717, 1.165) is 220 Å². The molecule has 0 N–H and O–H groups in total. The summed E-state index contributed by atoms with van der Waals surface area (Å²) in [5.41, 5.74) is 24.2. The van der Waals surface area contributed by atoms with Crippen molar-refractivity contribution < 1.29 is 0 Å². The highest BCUT2D eigenvalue weighted by molar-refractivity contribution is 6.34. The summed E-state index contributed by atoms with van der Waals surface area (Å²) in [5.74, 6) is 1.05. The summed E-state index contributed by atoms with van der Waals surface area (Å²) in [7, 11) is 0. The van der Waals surface area contributed by atoms with Gasteiger partial charge in [-0.15, -0.1) is 0 Å². The minimum atomic E-state index is 0.524. The van der Waals surface area contributed by atoms with E-state index in [9.17, 15) is 0 Å². The van der Waals surface area contributed by atoms with Crippen molar-refractivity contribution in [1.29, 1.82) is 0 Å². The molecule has 0 unspecified atom stereocenters. The van der Waals surface area contributed by atoms with Crippen molar-refractivity contribution in [3.63, 3.8) is 0 Å². The van der Waals surface area contributed by atoms with Crippen LogP contribution >= 0.6 is 0 Å². The Kier molecular flexibility index (Phi) is 15.8. The van der Waals surface area contributed by atoms with E-state index in [0.29, 0.717) is 11.9 Å². The second-order valence-electron chi connectivity index (χ2n) is 31.1. The van der Waals surface area contributed by atoms with Crippen LogP contribution in [0.4, 0.5) is 0 Å². The average Bonchev–Trinajstić information content (AvgIpc) is 1.52. The molecule has 0 saturated heterocycles. The molecule has 558 valence electrons. The van der Waals surface area contributed by atoms with Crippen LogP contribution in [-0.2, 0) is 0 Å². The Balaban J connectivity index is 0.889. The number of benzene rings is 18. The van der Waals surface area contributed by atoms with Gasteiger partial charge in [-0.05, 0) is 198 Å². The normalized spacial score (nSPS) is 11.8. The highest BCUT2D eigenvalue weighted by Gasteiger charge is 2.25. The van der Waals surface area contributed by atoms with E-state index in [-0.39, 0.29) is 0 Å². The third-order valence-corrected chi connectivity index (χ3v) is 24.4. The van der Waals surface area contributed by atoms with Crippen LogP contribution in [0.1, 0.15) is 0 Å². The molecule has 0 bridgehead atoms. The molecule has 24 aromatic rings. The molecule has 0 saturated carbocycles. The van der Waals surface area contributed by atoms with E-state index in [4.69, 9.17) is 19.9 Å². The van der Waals surface area contributed by atoms with Crippen LogP contribution in [-0.4, -0.2) is 38.2 Å². The molecule has 0 fully saturated rings. The van der Waals surface area contributed by atoms with Crippen LogP contribution in [0.5, 0.6) is 0 Å². The van der Waals surface area contributed by atoms with Crippen molar-refractivity contribution in [2.24, 2.45) is 0 Å². The lowest BCUT2D eigenvalue weighted by atomic mass is 9.92. The molecule has 0 radical (unpaired) electrons. The van der Waals surface area contributed by atoms with Crippen molar-refractivity contribution in [2.45, 2.75) is 0 Å². The zero-order chi connectivity index (χ0) is 78.9. The van der Waals surface area contributed by atoms with Crippen LogP contribution in [0.3, 0.4) is 0 Å². The fourth-order valence-corrected chi connectivity index (χ4v) is 19.0. The maximum atomic E-state index is 6.06. The molecule has 0 atom stereocenters. The van der Waals surface area contributed by atoms with Gasteiger partial charge in [0.1, 0.15) is 0 Å². The molecule has 6 aromatic heterocycles. The highest BCUT2D eigenvalue weighted by atomic mass is 15.2. The molecule has 0 aliphatic carbocycles. The topological polar surface area (TPSA) is 71.3 Å². The summed E-state index contributed by atoms with van der Waals surface area (Å²) in [6.07, 6.45) is 0. The van der Waals surface area contributed by atoms with Crippen molar-refractivity contribution >= 4 is 141 Å². The third-order valence-electron chi connectivity index (χ3n) is 24.4. The summed E-state index contributed by atoms with van der Waals surface area (Å²) in [6.45, 7) is 0. The van der Waals surface area contributed by atoms with E-state index < -0.39 is 0 Å². The van der Waals surface area contributed by atoms with Gasteiger partial charge in [0, 0.05) is 76.4 Å². The van der Waals surface area contributed by atoms with Crippen molar-refractivity contribution in [1.82, 2.24) is 38.2 Å². The zero-order valence-electron chi connectivity index (χ0n) is 65.0. The Morgan fingerprint density at radius 1 is 0.142 bits per heavy atom. The Morgan fingerprint density at radius 3 is 0.700 bits per heavy atom. The fraction of sp³-hybridized carbons (Fsp3) is 0. The standard InChI is InChI=1S/C112H70N8/c1-7-29-71(30-8-1)75-53-59-103-93(65-75)85-45-27-46-86-94-66-77(73-33-11-3-12-34-73)55-61-105(94)120(112-114-98-50-24-20-44-90(98)110(116-112)80-58-64-102-92(70-80)84-42-22-26-52-100(84)118(102)82-39-17-6-18-40-82)106-62-56-78(74-35-13-4-14-36-74)68-96(106)88-48-28-47-87(108(88)107(85)86)95-67-76(72-31-9-2-10-32-72)54-60-104(95)119(103)111-113-97-49-23-19-43-89(97)109(115-111)79-57-63-101-91(69-79)83-41-21-25-51-99(83)117(101)81-37-15-5-16-38-81/h1-70H. The van der Waals surface area contributed by atoms with Gasteiger partial charge in [0.25, 0.3) is 0 Å². The van der Waals surface area contributed by atoms with Gasteiger partial charge in [-0.3, -0.25) is 9.13 Å². The van der Waals surface area contributed by atoms with Crippen LogP contribution < -0.4 is 0 Å². The van der Waals surface area contributed by atoms with E-state index in [1.807, 2.05) is 0 Å². The zero-order valence-corrected chi connectivity index (χ0v) is 65.0. The van der Waals surface area contributed by atoms with Gasteiger partial charge in [0.15, 0.2) is 0 Å². The number of hydrogen-bond donors (Lipinski definition) is 0. The van der Waals surface area contributed by atoms with Gasteiger partial charge >= 0.3 is 0 Å². The summed E-state index contributed by atoms with van der Waals surface area (Å²) in [4.78, 5) is 23.8. The molecule has 18 aromatic carbocycles. The lowest BCUT2D eigenvalue weighted by Crippen LogP contribution is -2.06. The molecule has 0 amide bonds. The minimum Gasteiger partial charge on any atom is -0.309 e. The van der Waals surface area contributed by atoms with Gasteiger partial charge in [-0.25, -0.2) is 19.9 Å². The third kappa shape index (κ3) is 11.1. The molecule has 24 rings (SSSR count). The predicted octanol–water partition coefficient (Wildman–Crippen LogP) is 29.1. The lowest BCUT2D eigenvalue weighted by Gasteiger charge is -2.17. The van der Waals surface area contributed by atoms with Gasteiger partial charge in [-0.1, -0.05) is 303 Å². The summed E-state index contributed by atoms with van der Waals surface area (Å²) < 4.78 is 9.48. The second-order valence-corrected chi connectivity index (χ2v) is 31.1. The van der Waals surface area contributed by atoms with Gasteiger partial charge in [0.2, 0.25) is 11.9 Å². The average molecular weight is 1530 g/mol. The number of hydrogen-bond acceptors (Lipinski definition) is 4. The minimum absolute atomic E-state index is 0.524. The number of aromatic nitrogens is 8. The van der Waals surface area contributed by atoms with Crippen LogP contribution in [0, 0.1) is 0 Å². The highest BCUT2D eigenvalue weighted by Crippen LogP contribution is 2.47. The van der Waals surface area contributed by atoms with Crippen LogP contribution in [0.2, 0.25) is 0 Å². The summed E-state index contributed by atoms with van der Waals surface area (Å²) in [5, 5.41) is 16.7. The van der Waals surface area contributed by atoms with Gasteiger partial charge in [-0.2, -0.15) is 0 Å². The first-order chi connectivity index (χ1) is 59.5. The lowest BCUT2D eigenvalue weighted by molar-refractivity contribution is 1.01. The summed E-state index contributed by atoms with van der Waals surface area (Å²) in [6, 6.07) is 155. The molecule has 0 aliphatic rings. The van der Waals surface area contributed by atoms with E-state index in [1.54, 1.807) is 0 Å². The number of nitrogens with zero attached hydrogens (tertiary/aromatic N) is 8. The van der Waals surface area contributed by atoms with E-state index in [2.05, 4.69) is 443 Å². The van der Waals surface area contributed by atoms with E-state index in [1.165, 1.54) is 0 Å². The first-order valence-corrected chi connectivity index (χ1v) is 40.9. The molecule has 6 heterocycles. The van der Waals surface area contributed by atoms with Crippen LogP contribution in [0.25, 0.3) is 232 Å². The molecule has 8 nitrogen and oxygen atoms in total. The van der Waals surface area contributed by atoms with E-state index >= 15 is 0 Å². The molecule has 0 spiro atoms. The Hall–Kier alpha value is -16.2. The maximum absolute atomic E-state index is 6.06. The fourth-order valence-electron chi connectivity index (χ4n) is 19.0. The first kappa shape index (κ1) is 68.3. The van der Waals surface area contributed by atoms with Crippen molar-refractivity contribution in [3.8, 4) is 90.3 Å². The van der Waals surface area contributed by atoms with Crippen molar-refractivity contribution in [3.05, 3.63) is 425 Å².